The normalized spacial score (nSPS) is 14.9. The van der Waals surface area contributed by atoms with Gasteiger partial charge in [0.15, 0.2) is 0 Å². The molecule has 27 heavy (non-hydrogen) atoms. The number of hydrogen-bond donors (Lipinski definition) is 1. The predicted octanol–water partition coefficient (Wildman–Crippen LogP) is 4.83. The molecule has 1 N–H and O–H groups in total. The maximum atomic E-state index is 12.9. The van der Waals surface area contributed by atoms with E-state index in [1.54, 1.807) is 11.8 Å². The van der Waals surface area contributed by atoms with E-state index in [1.807, 2.05) is 0 Å². The van der Waals surface area contributed by atoms with Crippen LogP contribution < -0.4 is 5.32 Å². The summed E-state index contributed by atoms with van der Waals surface area (Å²) in [6.07, 6.45) is -1.51. The molecule has 5 nitrogen and oxygen atoms in total. The van der Waals surface area contributed by atoms with Crippen molar-refractivity contribution >= 4 is 29.0 Å². The molecule has 1 aliphatic rings. The summed E-state index contributed by atoms with van der Waals surface area (Å²) < 4.78 is 38.8. The quantitative estimate of drug-likeness (QED) is 0.804. The van der Waals surface area contributed by atoms with E-state index in [2.05, 4.69) is 15.3 Å². The van der Waals surface area contributed by atoms with Crippen LogP contribution in [-0.2, 0) is 6.18 Å². The summed E-state index contributed by atoms with van der Waals surface area (Å²) in [5, 5.41) is 2.88. The standard InChI is InChI=1S/C18H18ClF3N4O/c1-11-23-15(17(27)26-7-3-2-4-8-26)10-16(24-11)25-14-9-12(18(20,21)22)5-6-13(14)19/h5-6,9-10H,2-4,7-8H2,1H3,(H,23,24,25). The van der Waals surface area contributed by atoms with Gasteiger partial charge in [-0.1, -0.05) is 11.6 Å². The van der Waals surface area contributed by atoms with E-state index in [1.165, 1.54) is 12.1 Å². The van der Waals surface area contributed by atoms with Gasteiger partial charge in [0.05, 0.1) is 16.3 Å². The molecular formula is C18H18ClF3N4O. The third kappa shape index (κ3) is 4.68. The van der Waals surface area contributed by atoms with Gasteiger partial charge in [-0.25, -0.2) is 9.97 Å². The molecular weight excluding hydrogens is 381 g/mol. The Labute approximate surface area is 159 Å². The fourth-order valence-electron chi connectivity index (χ4n) is 2.94. The molecule has 0 radical (unpaired) electrons. The van der Waals surface area contributed by atoms with E-state index in [9.17, 15) is 18.0 Å². The van der Waals surface area contributed by atoms with Crippen molar-refractivity contribution in [2.24, 2.45) is 0 Å². The highest BCUT2D eigenvalue weighted by molar-refractivity contribution is 6.33. The van der Waals surface area contributed by atoms with Crippen LogP contribution in [0.25, 0.3) is 0 Å². The molecule has 0 aliphatic carbocycles. The van der Waals surface area contributed by atoms with Gasteiger partial charge in [0.2, 0.25) is 0 Å². The second kappa shape index (κ2) is 7.72. The van der Waals surface area contributed by atoms with Crippen LogP contribution in [0, 0.1) is 6.92 Å². The molecule has 1 saturated heterocycles. The van der Waals surface area contributed by atoms with E-state index < -0.39 is 11.7 Å². The molecule has 1 fully saturated rings. The molecule has 1 aliphatic heterocycles. The van der Waals surface area contributed by atoms with Crippen molar-refractivity contribution in [2.45, 2.75) is 32.4 Å². The van der Waals surface area contributed by atoms with Crippen LogP contribution >= 0.6 is 11.6 Å². The van der Waals surface area contributed by atoms with Crippen molar-refractivity contribution in [1.82, 2.24) is 14.9 Å². The van der Waals surface area contributed by atoms with Crippen molar-refractivity contribution in [3.63, 3.8) is 0 Å². The first-order valence-electron chi connectivity index (χ1n) is 8.53. The van der Waals surface area contributed by atoms with Gasteiger partial charge in [-0.05, 0) is 44.4 Å². The van der Waals surface area contributed by atoms with E-state index in [-0.39, 0.29) is 28.1 Å². The molecule has 2 aromatic rings. The van der Waals surface area contributed by atoms with Gasteiger partial charge in [0.1, 0.15) is 17.3 Å². The molecule has 1 aromatic carbocycles. The number of amides is 1. The number of halogens is 4. The lowest BCUT2D eigenvalue weighted by atomic mass is 10.1. The summed E-state index contributed by atoms with van der Waals surface area (Å²) in [4.78, 5) is 22.7. The Balaban J connectivity index is 1.88. The highest BCUT2D eigenvalue weighted by Crippen LogP contribution is 2.34. The van der Waals surface area contributed by atoms with Gasteiger partial charge in [0.25, 0.3) is 5.91 Å². The van der Waals surface area contributed by atoms with Crippen LogP contribution in [0.4, 0.5) is 24.7 Å². The van der Waals surface area contributed by atoms with E-state index in [0.717, 1.165) is 31.4 Å². The number of aryl methyl sites for hydroxylation is 1. The Hall–Kier alpha value is -2.35. The van der Waals surface area contributed by atoms with E-state index in [4.69, 9.17) is 11.6 Å². The minimum absolute atomic E-state index is 0.0564. The number of nitrogens with one attached hydrogen (secondary N) is 1. The molecule has 0 bridgehead atoms. The van der Waals surface area contributed by atoms with E-state index >= 15 is 0 Å². The van der Waals surface area contributed by atoms with Gasteiger partial charge < -0.3 is 10.2 Å². The molecule has 3 rings (SSSR count). The summed E-state index contributed by atoms with van der Waals surface area (Å²) in [6.45, 7) is 2.96. The highest BCUT2D eigenvalue weighted by Gasteiger charge is 2.31. The molecule has 9 heteroatoms. The van der Waals surface area contributed by atoms with Crippen LogP contribution in [0.1, 0.15) is 41.1 Å². The number of piperidine rings is 1. The molecule has 2 heterocycles. The van der Waals surface area contributed by atoms with Gasteiger partial charge in [-0.2, -0.15) is 13.2 Å². The summed E-state index contributed by atoms with van der Waals surface area (Å²) in [5.74, 6) is 0.339. The lowest BCUT2D eigenvalue weighted by Crippen LogP contribution is -2.36. The van der Waals surface area contributed by atoms with Crippen LogP contribution in [0.15, 0.2) is 24.3 Å². The number of nitrogens with zero attached hydrogens (tertiary/aromatic N) is 3. The number of anilines is 2. The fourth-order valence-corrected chi connectivity index (χ4v) is 3.10. The monoisotopic (exact) mass is 398 g/mol. The third-order valence-electron chi connectivity index (χ3n) is 4.26. The van der Waals surface area contributed by atoms with Gasteiger partial charge in [-0.3, -0.25) is 4.79 Å². The van der Waals surface area contributed by atoms with Crippen molar-refractivity contribution in [2.75, 3.05) is 18.4 Å². The molecule has 144 valence electrons. The van der Waals surface area contributed by atoms with Crippen LogP contribution in [-0.4, -0.2) is 33.9 Å². The zero-order valence-electron chi connectivity index (χ0n) is 14.6. The number of rotatable bonds is 3. The smallest absolute Gasteiger partial charge is 0.339 e. The van der Waals surface area contributed by atoms with Crippen molar-refractivity contribution in [3.8, 4) is 0 Å². The largest absolute Gasteiger partial charge is 0.416 e. The number of likely N-dealkylation sites (tertiary alicyclic amines) is 1. The van der Waals surface area contributed by atoms with Crippen LogP contribution in [0.3, 0.4) is 0 Å². The Morgan fingerprint density at radius 2 is 1.85 bits per heavy atom. The lowest BCUT2D eigenvalue weighted by Gasteiger charge is -2.26. The maximum Gasteiger partial charge on any atom is 0.416 e. The second-order valence-corrected chi connectivity index (χ2v) is 6.76. The molecule has 1 aromatic heterocycles. The molecule has 0 atom stereocenters. The number of aromatic nitrogens is 2. The Morgan fingerprint density at radius 3 is 2.52 bits per heavy atom. The maximum absolute atomic E-state index is 12.9. The number of carbonyl (C=O) groups excluding carboxylic acids is 1. The molecule has 0 unspecified atom stereocenters. The van der Waals surface area contributed by atoms with Gasteiger partial charge >= 0.3 is 6.18 Å². The zero-order valence-corrected chi connectivity index (χ0v) is 15.4. The number of alkyl halides is 3. The van der Waals surface area contributed by atoms with Gasteiger partial charge in [0, 0.05) is 19.2 Å². The molecule has 1 amide bonds. The fraction of sp³-hybridized carbons (Fsp3) is 0.389. The summed E-state index contributed by atoms with van der Waals surface area (Å²) >= 11 is 6.01. The number of carbonyl (C=O) groups is 1. The van der Waals surface area contributed by atoms with Crippen LogP contribution in [0.2, 0.25) is 5.02 Å². The Bertz CT molecular complexity index is 851. The first kappa shape index (κ1) is 19.4. The highest BCUT2D eigenvalue weighted by atomic mass is 35.5. The Kier molecular flexibility index (Phi) is 5.55. The van der Waals surface area contributed by atoms with Crippen molar-refractivity contribution < 1.29 is 18.0 Å². The minimum atomic E-state index is -4.49. The minimum Gasteiger partial charge on any atom is -0.339 e. The summed E-state index contributed by atoms with van der Waals surface area (Å²) in [5.41, 5.74) is -0.569. The van der Waals surface area contributed by atoms with E-state index in [0.29, 0.717) is 18.9 Å². The first-order valence-corrected chi connectivity index (χ1v) is 8.90. The first-order chi connectivity index (χ1) is 12.7. The number of hydrogen-bond acceptors (Lipinski definition) is 4. The third-order valence-corrected chi connectivity index (χ3v) is 4.59. The second-order valence-electron chi connectivity index (χ2n) is 6.36. The Morgan fingerprint density at radius 1 is 1.15 bits per heavy atom. The SMILES string of the molecule is Cc1nc(Nc2cc(C(F)(F)F)ccc2Cl)cc(C(=O)N2CCCCC2)n1. The summed E-state index contributed by atoms with van der Waals surface area (Å²) in [6, 6.07) is 4.41. The van der Waals surface area contributed by atoms with Crippen molar-refractivity contribution in [1.29, 1.82) is 0 Å². The summed E-state index contributed by atoms with van der Waals surface area (Å²) in [7, 11) is 0. The molecule has 0 saturated carbocycles. The zero-order chi connectivity index (χ0) is 19.6. The van der Waals surface area contributed by atoms with Crippen molar-refractivity contribution in [3.05, 3.63) is 46.4 Å². The topological polar surface area (TPSA) is 58.1 Å². The predicted molar refractivity (Wildman–Crippen MR) is 96.3 cm³/mol. The average molecular weight is 399 g/mol. The average Bonchev–Trinajstić information content (AvgIpc) is 2.62. The van der Waals surface area contributed by atoms with Gasteiger partial charge in [-0.15, -0.1) is 0 Å². The molecule has 0 spiro atoms. The van der Waals surface area contributed by atoms with Crippen LogP contribution in [0.5, 0.6) is 0 Å². The number of benzene rings is 1. The lowest BCUT2D eigenvalue weighted by molar-refractivity contribution is -0.137.